The summed E-state index contributed by atoms with van der Waals surface area (Å²) in [5.41, 5.74) is 0. The first kappa shape index (κ1) is 11.7. The number of allylic oxidation sites excluding steroid dienone is 1. The smallest absolute Gasteiger partial charge is 0.328 e. The van der Waals surface area contributed by atoms with Crippen molar-refractivity contribution in [3.8, 4) is 0 Å². The van der Waals surface area contributed by atoms with Crippen molar-refractivity contribution in [1.29, 1.82) is 0 Å². The van der Waals surface area contributed by atoms with Crippen LogP contribution in [0.25, 0.3) is 0 Å². The zero-order valence-corrected chi connectivity index (χ0v) is 8.00. The third-order valence-corrected chi connectivity index (χ3v) is 1.51. The predicted octanol–water partition coefficient (Wildman–Crippen LogP) is 0.630. The third kappa shape index (κ3) is 5.00. The molecule has 0 aromatic heterocycles. The van der Waals surface area contributed by atoms with E-state index in [1.807, 2.05) is 0 Å². The quantitative estimate of drug-likeness (QED) is 0.505. The van der Waals surface area contributed by atoms with Gasteiger partial charge >= 0.3 is 5.97 Å². The molecule has 1 N–H and O–H groups in total. The molecule has 0 aliphatic rings. The molecule has 0 heterocycles. The van der Waals surface area contributed by atoms with Gasteiger partial charge in [-0.25, -0.2) is 4.79 Å². The van der Waals surface area contributed by atoms with Gasteiger partial charge in [0.25, 0.3) is 0 Å². The fourth-order valence-corrected chi connectivity index (χ4v) is 0.783. The fourth-order valence-electron chi connectivity index (χ4n) is 0.783. The predicted molar refractivity (Wildman–Crippen MR) is 49.1 cm³/mol. The summed E-state index contributed by atoms with van der Waals surface area (Å²) in [4.78, 5) is 21.9. The highest BCUT2D eigenvalue weighted by Crippen LogP contribution is 1.92. The van der Waals surface area contributed by atoms with Gasteiger partial charge in [-0.15, -0.1) is 6.58 Å². The van der Waals surface area contributed by atoms with Crippen LogP contribution in [0, 0.1) is 0 Å². The lowest BCUT2D eigenvalue weighted by atomic mass is 10.2. The van der Waals surface area contributed by atoms with Gasteiger partial charge in [-0.05, 0) is 13.3 Å². The van der Waals surface area contributed by atoms with Crippen LogP contribution in [0.3, 0.4) is 0 Å². The topological polar surface area (TPSA) is 55.4 Å². The molecular formula is C9H15NO3. The van der Waals surface area contributed by atoms with E-state index in [1.165, 1.54) is 7.11 Å². The Morgan fingerprint density at radius 2 is 2.23 bits per heavy atom. The maximum absolute atomic E-state index is 11.1. The molecule has 0 aromatic rings. The molecule has 74 valence electrons. The van der Waals surface area contributed by atoms with E-state index in [1.54, 1.807) is 13.0 Å². The van der Waals surface area contributed by atoms with Crippen LogP contribution < -0.4 is 5.32 Å². The molecule has 0 saturated heterocycles. The van der Waals surface area contributed by atoms with Crippen LogP contribution in [0.15, 0.2) is 12.7 Å². The van der Waals surface area contributed by atoms with Gasteiger partial charge in [-0.2, -0.15) is 0 Å². The number of ether oxygens (including phenoxy) is 1. The van der Waals surface area contributed by atoms with Crippen LogP contribution >= 0.6 is 0 Å². The Balaban J connectivity index is 3.77. The Morgan fingerprint density at radius 3 is 2.69 bits per heavy atom. The zero-order chi connectivity index (χ0) is 10.3. The minimum absolute atomic E-state index is 0.169. The molecular weight excluding hydrogens is 170 g/mol. The maximum atomic E-state index is 11.1. The lowest BCUT2D eigenvalue weighted by molar-refractivity contribution is -0.144. The molecule has 1 atom stereocenters. The number of amides is 1. The molecule has 0 fully saturated rings. The van der Waals surface area contributed by atoms with Gasteiger partial charge in [-0.3, -0.25) is 4.79 Å². The van der Waals surface area contributed by atoms with E-state index in [0.717, 1.165) is 0 Å². The van der Waals surface area contributed by atoms with Crippen LogP contribution in [-0.2, 0) is 14.3 Å². The number of hydrogen-bond acceptors (Lipinski definition) is 3. The highest BCUT2D eigenvalue weighted by molar-refractivity contribution is 5.84. The van der Waals surface area contributed by atoms with Gasteiger partial charge in [0, 0.05) is 6.42 Å². The molecule has 4 nitrogen and oxygen atoms in total. The van der Waals surface area contributed by atoms with Crippen molar-refractivity contribution in [3.05, 3.63) is 12.7 Å². The molecule has 1 unspecified atom stereocenters. The number of nitrogens with one attached hydrogen (secondary N) is 1. The van der Waals surface area contributed by atoms with E-state index < -0.39 is 12.0 Å². The second-order valence-electron chi connectivity index (χ2n) is 2.64. The average Bonchev–Trinajstić information content (AvgIpc) is 2.13. The number of carbonyl (C=O) groups is 2. The van der Waals surface area contributed by atoms with E-state index in [4.69, 9.17) is 0 Å². The zero-order valence-electron chi connectivity index (χ0n) is 8.00. The van der Waals surface area contributed by atoms with Crippen molar-refractivity contribution in [1.82, 2.24) is 5.32 Å². The van der Waals surface area contributed by atoms with Crippen LogP contribution in [-0.4, -0.2) is 25.0 Å². The highest BCUT2D eigenvalue weighted by atomic mass is 16.5. The monoisotopic (exact) mass is 185 g/mol. The minimum Gasteiger partial charge on any atom is -0.467 e. The van der Waals surface area contributed by atoms with E-state index in [-0.39, 0.29) is 5.91 Å². The first-order valence-electron chi connectivity index (χ1n) is 4.10. The normalized spacial score (nSPS) is 11.5. The molecule has 0 radical (unpaired) electrons. The van der Waals surface area contributed by atoms with Gasteiger partial charge in [0.15, 0.2) is 0 Å². The first-order valence-corrected chi connectivity index (χ1v) is 4.10. The Hall–Kier alpha value is -1.32. The largest absolute Gasteiger partial charge is 0.467 e. The van der Waals surface area contributed by atoms with Crippen molar-refractivity contribution in [2.45, 2.75) is 25.8 Å². The van der Waals surface area contributed by atoms with E-state index in [9.17, 15) is 9.59 Å². The summed E-state index contributed by atoms with van der Waals surface area (Å²) in [7, 11) is 1.29. The van der Waals surface area contributed by atoms with E-state index >= 15 is 0 Å². The Labute approximate surface area is 78.0 Å². The Morgan fingerprint density at radius 1 is 1.62 bits per heavy atom. The summed E-state index contributed by atoms with van der Waals surface area (Å²) in [5.74, 6) is -0.607. The summed E-state index contributed by atoms with van der Waals surface area (Å²) < 4.78 is 4.44. The number of hydrogen-bond donors (Lipinski definition) is 1. The summed E-state index contributed by atoms with van der Waals surface area (Å²) in [5, 5.41) is 2.50. The van der Waals surface area contributed by atoms with E-state index in [2.05, 4.69) is 16.6 Å². The van der Waals surface area contributed by atoms with Crippen molar-refractivity contribution < 1.29 is 14.3 Å². The molecule has 4 heteroatoms. The molecule has 0 aliphatic carbocycles. The molecule has 0 rings (SSSR count). The van der Waals surface area contributed by atoms with Crippen LogP contribution in [0.1, 0.15) is 19.8 Å². The standard InChI is InChI=1S/C9H15NO3/c1-4-5-6-8(11)10-7(2)9(12)13-3/h4,7H,1,5-6H2,2-3H3,(H,10,11). The molecule has 1 amide bonds. The van der Waals surface area contributed by atoms with Gasteiger partial charge in [-0.1, -0.05) is 6.08 Å². The van der Waals surface area contributed by atoms with Gasteiger partial charge in [0.2, 0.25) is 5.91 Å². The lowest BCUT2D eigenvalue weighted by Gasteiger charge is -2.10. The van der Waals surface area contributed by atoms with Gasteiger partial charge in [0.05, 0.1) is 7.11 Å². The Kier molecular flexibility index (Phi) is 5.59. The lowest BCUT2D eigenvalue weighted by Crippen LogP contribution is -2.38. The van der Waals surface area contributed by atoms with Gasteiger partial charge < -0.3 is 10.1 Å². The van der Waals surface area contributed by atoms with Crippen LogP contribution in [0.4, 0.5) is 0 Å². The Bertz CT molecular complexity index is 201. The SMILES string of the molecule is C=CCCC(=O)NC(C)C(=O)OC. The number of methoxy groups -OCH3 is 1. The van der Waals surface area contributed by atoms with Crippen molar-refractivity contribution in [2.24, 2.45) is 0 Å². The molecule has 0 bridgehead atoms. The minimum atomic E-state index is -0.581. The summed E-state index contributed by atoms with van der Waals surface area (Å²) in [6.45, 7) is 5.07. The third-order valence-electron chi connectivity index (χ3n) is 1.51. The molecule has 0 spiro atoms. The molecule has 0 aliphatic heterocycles. The number of rotatable bonds is 5. The molecule has 0 saturated carbocycles. The van der Waals surface area contributed by atoms with Crippen molar-refractivity contribution >= 4 is 11.9 Å². The van der Waals surface area contributed by atoms with Gasteiger partial charge in [0.1, 0.15) is 6.04 Å². The fraction of sp³-hybridized carbons (Fsp3) is 0.556. The summed E-state index contributed by atoms with van der Waals surface area (Å²) >= 11 is 0. The summed E-state index contributed by atoms with van der Waals surface area (Å²) in [6, 6.07) is -0.581. The average molecular weight is 185 g/mol. The second kappa shape index (κ2) is 6.22. The van der Waals surface area contributed by atoms with E-state index in [0.29, 0.717) is 12.8 Å². The second-order valence-corrected chi connectivity index (χ2v) is 2.64. The van der Waals surface area contributed by atoms with Crippen LogP contribution in [0.2, 0.25) is 0 Å². The van der Waals surface area contributed by atoms with Crippen molar-refractivity contribution in [3.63, 3.8) is 0 Å². The first-order chi connectivity index (χ1) is 6.11. The number of esters is 1. The molecule has 0 aromatic carbocycles. The van der Waals surface area contributed by atoms with Crippen LogP contribution in [0.5, 0.6) is 0 Å². The molecule has 13 heavy (non-hydrogen) atoms. The number of carbonyl (C=O) groups excluding carboxylic acids is 2. The summed E-state index contributed by atoms with van der Waals surface area (Å²) in [6.07, 6.45) is 2.62. The maximum Gasteiger partial charge on any atom is 0.328 e. The highest BCUT2D eigenvalue weighted by Gasteiger charge is 2.14. The van der Waals surface area contributed by atoms with Crippen molar-refractivity contribution in [2.75, 3.05) is 7.11 Å².